The number of aromatic nitrogens is 2. The lowest BCUT2D eigenvalue weighted by molar-refractivity contribution is 0.305. The number of hydrogen-bond acceptors (Lipinski definition) is 3. The van der Waals surface area contributed by atoms with Gasteiger partial charge in [0.1, 0.15) is 12.4 Å². The quantitative estimate of drug-likeness (QED) is 0.738. The van der Waals surface area contributed by atoms with Crippen LogP contribution in [0.25, 0.3) is 10.8 Å². The van der Waals surface area contributed by atoms with E-state index in [0.29, 0.717) is 24.3 Å². The third kappa shape index (κ3) is 2.65. The summed E-state index contributed by atoms with van der Waals surface area (Å²) in [6.07, 6.45) is 3.54. The molecule has 3 rings (SSSR count). The molecule has 2 aromatic heterocycles. The molecule has 0 saturated heterocycles. The van der Waals surface area contributed by atoms with Gasteiger partial charge < -0.3 is 9.30 Å². The van der Waals surface area contributed by atoms with Gasteiger partial charge in [0.25, 0.3) is 5.56 Å². The van der Waals surface area contributed by atoms with Crippen LogP contribution in [0.3, 0.4) is 0 Å². The topological polar surface area (TPSA) is 44.1 Å². The molecule has 0 fully saturated rings. The van der Waals surface area contributed by atoms with Gasteiger partial charge >= 0.3 is 0 Å². The molecule has 0 aliphatic heterocycles. The number of rotatable bonds is 4. The number of benzene rings is 1. The number of hydrogen-bond donors (Lipinski definition) is 0. The molecular formula is C17H16N2O2. The van der Waals surface area contributed by atoms with E-state index in [4.69, 9.17) is 4.74 Å². The van der Waals surface area contributed by atoms with Crippen LogP contribution < -0.4 is 10.3 Å². The molecule has 0 atom stereocenters. The molecule has 0 aliphatic carbocycles. The molecule has 2 heterocycles. The molecule has 21 heavy (non-hydrogen) atoms. The van der Waals surface area contributed by atoms with E-state index in [1.807, 2.05) is 49.4 Å². The van der Waals surface area contributed by atoms with Crippen molar-refractivity contribution in [1.29, 1.82) is 0 Å². The molecule has 3 aromatic rings. The van der Waals surface area contributed by atoms with Gasteiger partial charge in [0, 0.05) is 24.3 Å². The lowest BCUT2D eigenvalue weighted by atomic mass is 10.1. The summed E-state index contributed by atoms with van der Waals surface area (Å²) in [7, 11) is 0. The fourth-order valence-electron chi connectivity index (χ4n) is 2.30. The molecule has 0 aliphatic rings. The molecule has 0 unspecified atom stereocenters. The van der Waals surface area contributed by atoms with E-state index in [1.54, 1.807) is 17.0 Å². The summed E-state index contributed by atoms with van der Waals surface area (Å²) in [6.45, 7) is 3.00. The number of ether oxygens (including phenoxy) is 1. The minimum atomic E-state index is 0.0123. The number of aryl methyl sites for hydroxylation is 1. The molecule has 1 aromatic carbocycles. The SMILES string of the molecule is CCn1ccc2c(OCc3ccccn3)cccc2c1=O. The summed E-state index contributed by atoms with van der Waals surface area (Å²) in [4.78, 5) is 16.5. The fourth-order valence-corrected chi connectivity index (χ4v) is 2.30. The Hall–Kier alpha value is -2.62. The Bertz CT molecular complexity index is 810. The van der Waals surface area contributed by atoms with Crippen LogP contribution in [0.4, 0.5) is 0 Å². The van der Waals surface area contributed by atoms with Crippen LogP contribution in [-0.2, 0) is 13.2 Å². The summed E-state index contributed by atoms with van der Waals surface area (Å²) < 4.78 is 7.51. The molecule has 0 saturated carbocycles. The average molecular weight is 280 g/mol. The van der Waals surface area contributed by atoms with Crippen molar-refractivity contribution in [1.82, 2.24) is 9.55 Å². The fraction of sp³-hybridized carbons (Fsp3) is 0.176. The number of pyridine rings is 2. The first kappa shape index (κ1) is 13.4. The van der Waals surface area contributed by atoms with Crippen molar-refractivity contribution in [3.8, 4) is 5.75 Å². The normalized spacial score (nSPS) is 10.7. The molecular weight excluding hydrogens is 264 g/mol. The molecule has 0 radical (unpaired) electrons. The highest BCUT2D eigenvalue weighted by Crippen LogP contribution is 2.23. The summed E-state index contributed by atoms with van der Waals surface area (Å²) in [5.74, 6) is 0.707. The zero-order valence-corrected chi connectivity index (χ0v) is 11.8. The predicted molar refractivity (Wildman–Crippen MR) is 82.5 cm³/mol. The van der Waals surface area contributed by atoms with Crippen molar-refractivity contribution in [3.05, 3.63) is 70.9 Å². The van der Waals surface area contributed by atoms with E-state index in [-0.39, 0.29) is 5.56 Å². The Morgan fingerprint density at radius 2 is 2.00 bits per heavy atom. The van der Waals surface area contributed by atoms with Gasteiger partial charge in [-0.1, -0.05) is 12.1 Å². The van der Waals surface area contributed by atoms with Gasteiger partial charge in [0.05, 0.1) is 11.1 Å². The van der Waals surface area contributed by atoms with Crippen molar-refractivity contribution in [2.75, 3.05) is 0 Å². The second kappa shape index (κ2) is 5.79. The maximum absolute atomic E-state index is 12.3. The maximum Gasteiger partial charge on any atom is 0.258 e. The minimum Gasteiger partial charge on any atom is -0.487 e. The average Bonchev–Trinajstić information content (AvgIpc) is 2.54. The zero-order valence-electron chi connectivity index (χ0n) is 11.8. The predicted octanol–water partition coefficient (Wildman–Crippen LogP) is 3.00. The number of nitrogens with zero attached hydrogens (tertiary/aromatic N) is 2. The van der Waals surface area contributed by atoms with Gasteiger partial charge in [0.2, 0.25) is 0 Å². The molecule has 4 nitrogen and oxygen atoms in total. The maximum atomic E-state index is 12.3. The lowest BCUT2D eigenvalue weighted by Gasteiger charge is -2.10. The van der Waals surface area contributed by atoms with Crippen molar-refractivity contribution in [2.45, 2.75) is 20.1 Å². The van der Waals surface area contributed by atoms with Crippen LogP contribution in [0.2, 0.25) is 0 Å². The van der Waals surface area contributed by atoms with Gasteiger partial charge in [0.15, 0.2) is 0 Å². The van der Waals surface area contributed by atoms with Crippen LogP contribution in [0.15, 0.2) is 59.7 Å². The monoisotopic (exact) mass is 280 g/mol. The molecule has 106 valence electrons. The van der Waals surface area contributed by atoms with Crippen LogP contribution in [0, 0.1) is 0 Å². The molecule has 0 N–H and O–H groups in total. The first-order valence-electron chi connectivity index (χ1n) is 6.94. The van der Waals surface area contributed by atoms with Gasteiger partial charge in [-0.05, 0) is 37.3 Å². The minimum absolute atomic E-state index is 0.0123. The molecule has 4 heteroatoms. The zero-order chi connectivity index (χ0) is 14.7. The van der Waals surface area contributed by atoms with E-state index in [2.05, 4.69) is 4.98 Å². The van der Waals surface area contributed by atoms with Crippen LogP contribution >= 0.6 is 0 Å². The van der Waals surface area contributed by atoms with Crippen molar-refractivity contribution < 1.29 is 4.74 Å². The van der Waals surface area contributed by atoms with E-state index in [1.165, 1.54) is 0 Å². The highest BCUT2D eigenvalue weighted by Gasteiger charge is 2.07. The van der Waals surface area contributed by atoms with Crippen LogP contribution in [0.1, 0.15) is 12.6 Å². The second-order valence-corrected chi connectivity index (χ2v) is 4.73. The van der Waals surface area contributed by atoms with E-state index < -0.39 is 0 Å². The van der Waals surface area contributed by atoms with Crippen LogP contribution in [-0.4, -0.2) is 9.55 Å². The second-order valence-electron chi connectivity index (χ2n) is 4.73. The van der Waals surface area contributed by atoms with Gasteiger partial charge in [-0.25, -0.2) is 0 Å². The third-order valence-corrected chi connectivity index (χ3v) is 3.42. The van der Waals surface area contributed by atoms with Gasteiger partial charge in [-0.3, -0.25) is 9.78 Å². The highest BCUT2D eigenvalue weighted by molar-refractivity contribution is 5.87. The summed E-state index contributed by atoms with van der Waals surface area (Å²) >= 11 is 0. The molecule has 0 bridgehead atoms. The Kier molecular flexibility index (Phi) is 3.69. The summed E-state index contributed by atoms with van der Waals surface area (Å²) in [6, 6.07) is 13.2. The Labute approximate surface area is 122 Å². The summed E-state index contributed by atoms with van der Waals surface area (Å²) in [5.41, 5.74) is 0.870. The molecule has 0 spiro atoms. The van der Waals surface area contributed by atoms with Crippen molar-refractivity contribution in [3.63, 3.8) is 0 Å². The van der Waals surface area contributed by atoms with E-state index in [9.17, 15) is 4.79 Å². The van der Waals surface area contributed by atoms with Crippen molar-refractivity contribution >= 4 is 10.8 Å². The molecule has 0 amide bonds. The standard InChI is InChI=1S/C17H16N2O2/c1-2-19-11-9-14-15(17(19)20)7-5-8-16(14)21-12-13-6-3-4-10-18-13/h3-11H,2,12H2,1H3. The van der Waals surface area contributed by atoms with Gasteiger partial charge in [-0.2, -0.15) is 0 Å². The van der Waals surface area contributed by atoms with Crippen LogP contribution in [0.5, 0.6) is 5.75 Å². The lowest BCUT2D eigenvalue weighted by Crippen LogP contribution is -2.18. The van der Waals surface area contributed by atoms with Gasteiger partial charge in [-0.15, -0.1) is 0 Å². The Morgan fingerprint density at radius 1 is 1.10 bits per heavy atom. The van der Waals surface area contributed by atoms with E-state index >= 15 is 0 Å². The van der Waals surface area contributed by atoms with E-state index in [0.717, 1.165) is 11.1 Å². The largest absolute Gasteiger partial charge is 0.487 e. The smallest absolute Gasteiger partial charge is 0.258 e. The number of fused-ring (bicyclic) bond motifs is 1. The Balaban J connectivity index is 1.96. The third-order valence-electron chi connectivity index (χ3n) is 3.42. The van der Waals surface area contributed by atoms with Crippen molar-refractivity contribution in [2.24, 2.45) is 0 Å². The highest BCUT2D eigenvalue weighted by atomic mass is 16.5. The first-order chi connectivity index (χ1) is 10.3. The Morgan fingerprint density at radius 3 is 2.76 bits per heavy atom. The summed E-state index contributed by atoms with van der Waals surface area (Å²) in [5, 5.41) is 1.51. The first-order valence-corrected chi connectivity index (χ1v) is 6.94.